The summed E-state index contributed by atoms with van der Waals surface area (Å²) in [6.45, 7) is -4.54. The summed E-state index contributed by atoms with van der Waals surface area (Å²) in [4.78, 5) is 19.0. The molecule has 0 amide bonds. The van der Waals surface area contributed by atoms with Gasteiger partial charge in [0.1, 0.15) is 98.6 Å². The van der Waals surface area contributed by atoms with Gasteiger partial charge in [-0.2, -0.15) is 0 Å². The molecule has 3 aromatic rings. The number of ether oxygens (including phenoxy) is 8. The van der Waals surface area contributed by atoms with Crippen LogP contribution in [0.15, 0.2) is 24.3 Å². The minimum atomic E-state index is -0.381. The Balaban J connectivity index is 0.00000720. The van der Waals surface area contributed by atoms with Crippen LogP contribution in [0.2, 0.25) is 0 Å². The monoisotopic (exact) mass is 983 g/mol. The van der Waals surface area contributed by atoms with Crippen LogP contribution in [0, 0.1) is 0 Å². The van der Waals surface area contributed by atoms with E-state index in [0.717, 1.165) is 0 Å². The second kappa shape index (κ2) is 22.9. The van der Waals surface area contributed by atoms with Gasteiger partial charge in [-0.25, -0.2) is 9.97 Å². The molecule has 2 aliphatic heterocycles. The van der Waals surface area contributed by atoms with Crippen LogP contribution >= 0.6 is 0 Å². The van der Waals surface area contributed by atoms with Gasteiger partial charge in [0.15, 0.2) is 23.0 Å². The standard InChI is InChI=1S/C36H44N4O16.Pt/c41-1-9-49-29-21-17-23-31(51-11-3-43)33(53-13-5-45)25(38-23)19-27-35(55-15-7-47)36(56-16-8-48)28(40-27)20-26-34(54-14-6-46)32(52-12-4-44)24(39-26)18-22(37-21)30(29)50-10-2-42;/h17-20,41-48H,1-16H2;/q-2;+2. The maximum absolute atomic E-state index is 9.70. The topological polar surface area (TPSA) is 290 Å². The molecule has 0 fully saturated rings. The average Bonchev–Trinajstić information content (AvgIpc) is 3.90. The van der Waals surface area contributed by atoms with Gasteiger partial charge >= 0.3 is 21.1 Å². The zero-order valence-electron chi connectivity index (χ0n) is 30.6. The number of hydrogen-bond acceptors (Lipinski definition) is 18. The number of nitrogens with zero attached hydrogens (tertiary/aromatic N) is 4. The summed E-state index contributed by atoms with van der Waals surface area (Å²) in [6, 6.07) is 5.88. The smallest absolute Gasteiger partial charge is 0.652 e. The summed E-state index contributed by atoms with van der Waals surface area (Å²) >= 11 is 0. The van der Waals surface area contributed by atoms with Crippen LogP contribution in [-0.2, 0) is 40.0 Å². The number of hydrogen-bond donors (Lipinski definition) is 8. The van der Waals surface area contributed by atoms with Crippen molar-refractivity contribution in [3.8, 4) is 23.0 Å². The normalized spacial score (nSPS) is 12.4. The fourth-order valence-corrected chi connectivity index (χ4v) is 5.45. The molecule has 0 spiro atoms. The van der Waals surface area contributed by atoms with Gasteiger partial charge < -0.3 is 88.7 Å². The van der Waals surface area contributed by atoms with Crippen molar-refractivity contribution in [3.05, 3.63) is 47.0 Å². The maximum Gasteiger partial charge on any atom is 2.00 e. The number of aliphatic hydroxyl groups excluding tert-OH is 8. The number of rotatable bonds is 24. The molecule has 3 aromatic heterocycles. The molecular formula is C36H44N4O16Pt. The molecule has 314 valence electrons. The first-order chi connectivity index (χ1) is 27.5. The molecule has 8 bridgehead atoms. The molecule has 0 aliphatic carbocycles. The zero-order valence-corrected chi connectivity index (χ0v) is 32.8. The second-order valence-corrected chi connectivity index (χ2v) is 11.3. The second-order valence-electron chi connectivity index (χ2n) is 11.3. The summed E-state index contributed by atoms with van der Waals surface area (Å²) in [5, 5.41) is 77.6. The van der Waals surface area contributed by atoms with E-state index in [1.807, 2.05) is 0 Å². The SMILES string of the molecule is OCCOC1=C(OCCO)c2cc3[n-]c(cc4nc(cc5[n-]c(cc1n2)c(OCCO)c5OCCO)C(OCCO)=C4OCCO)c(OCCO)c3OCCO.[Pt+2]. The quantitative estimate of drug-likeness (QED) is 0.0520. The van der Waals surface area contributed by atoms with Gasteiger partial charge in [-0.05, 0) is 24.3 Å². The first-order valence-electron chi connectivity index (χ1n) is 17.6. The van der Waals surface area contributed by atoms with Crippen LogP contribution in [0.25, 0.3) is 45.1 Å². The molecule has 0 aromatic carbocycles. The van der Waals surface area contributed by atoms with Gasteiger partial charge in [0.2, 0.25) is 0 Å². The van der Waals surface area contributed by atoms with Crippen molar-refractivity contribution in [2.45, 2.75) is 0 Å². The third-order valence-electron chi connectivity index (χ3n) is 7.44. The van der Waals surface area contributed by atoms with E-state index >= 15 is 0 Å². The fraction of sp³-hybridized carbons (Fsp3) is 0.444. The zero-order chi connectivity index (χ0) is 39.9. The Hall–Kier alpha value is -4.63. The number of aromatic nitrogens is 4. The van der Waals surface area contributed by atoms with Crippen LogP contribution in [0.1, 0.15) is 22.8 Å². The van der Waals surface area contributed by atoms with Crippen LogP contribution in [-0.4, -0.2) is 157 Å². The van der Waals surface area contributed by atoms with Crippen molar-refractivity contribution in [3.63, 3.8) is 0 Å². The Morgan fingerprint density at radius 2 is 0.526 bits per heavy atom. The van der Waals surface area contributed by atoms with Crippen LogP contribution in [0.4, 0.5) is 0 Å². The van der Waals surface area contributed by atoms with E-state index in [9.17, 15) is 40.9 Å². The molecule has 5 rings (SSSR count). The summed E-state index contributed by atoms with van der Waals surface area (Å²) in [7, 11) is 0. The van der Waals surface area contributed by atoms with Crippen LogP contribution in [0.5, 0.6) is 23.0 Å². The molecule has 20 nitrogen and oxygen atoms in total. The predicted molar refractivity (Wildman–Crippen MR) is 195 cm³/mol. The van der Waals surface area contributed by atoms with E-state index in [1.165, 1.54) is 24.3 Å². The molecule has 0 atom stereocenters. The van der Waals surface area contributed by atoms with E-state index in [-0.39, 0.29) is 218 Å². The van der Waals surface area contributed by atoms with Gasteiger partial charge in [0, 0.05) is 0 Å². The number of fused-ring (bicyclic) bond motifs is 8. The van der Waals surface area contributed by atoms with E-state index in [0.29, 0.717) is 0 Å². The van der Waals surface area contributed by atoms with E-state index in [4.69, 9.17) is 57.8 Å². The average molecular weight is 984 g/mol. The third kappa shape index (κ3) is 10.9. The molecule has 0 saturated carbocycles. The van der Waals surface area contributed by atoms with Crippen molar-refractivity contribution < 1.29 is 99.8 Å². The fourth-order valence-electron chi connectivity index (χ4n) is 5.45. The summed E-state index contributed by atoms with van der Waals surface area (Å²) in [5.41, 5.74) is 0.923. The van der Waals surface area contributed by atoms with Crippen molar-refractivity contribution in [1.29, 1.82) is 0 Å². The van der Waals surface area contributed by atoms with Gasteiger partial charge in [-0.3, -0.25) is 0 Å². The molecule has 8 N–H and O–H groups in total. The molecule has 21 heteroatoms. The predicted octanol–water partition coefficient (Wildman–Crippen LogP) is -1.26. The van der Waals surface area contributed by atoms with E-state index in [1.54, 1.807) is 0 Å². The molecule has 5 heterocycles. The molecular weight excluding hydrogens is 939 g/mol. The van der Waals surface area contributed by atoms with E-state index < -0.39 is 0 Å². The van der Waals surface area contributed by atoms with Gasteiger partial charge in [0.05, 0.1) is 52.9 Å². The van der Waals surface area contributed by atoms with Gasteiger partial charge in [-0.1, -0.05) is 22.1 Å². The van der Waals surface area contributed by atoms with Crippen molar-refractivity contribution in [2.24, 2.45) is 0 Å². The van der Waals surface area contributed by atoms with Crippen LogP contribution < -0.4 is 28.9 Å². The first kappa shape index (κ1) is 45.1. The molecule has 0 radical (unpaired) electrons. The van der Waals surface area contributed by atoms with E-state index in [2.05, 4.69) is 0 Å². The van der Waals surface area contributed by atoms with Crippen molar-refractivity contribution in [1.82, 2.24) is 19.9 Å². The Morgan fingerprint density at radius 3 is 0.719 bits per heavy atom. The van der Waals surface area contributed by atoms with Crippen LogP contribution in [0.3, 0.4) is 0 Å². The summed E-state index contributed by atoms with van der Waals surface area (Å²) in [5.74, 6) is 0.354. The molecule has 57 heavy (non-hydrogen) atoms. The molecule has 2 aliphatic rings. The largest absolute Gasteiger partial charge is 2.00 e. The first-order valence-corrected chi connectivity index (χ1v) is 17.6. The summed E-state index contributed by atoms with van der Waals surface area (Å²) < 4.78 is 47.4. The Kier molecular flexibility index (Phi) is 18.1. The Morgan fingerprint density at radius 1 is 0.333 bits per heavy atom. The Bertz CT molecular complexity index is 1730. The molecule has 0 unspecified atom stereocenters. The maximum atomic E-state index is 9.70. The van der Waals surface area contributed by atoms with Crippen molar-refractivity contribution in [2.75, 3.05) is 106 Å². The Labute approximate surface area is 339 Å². The minimum Gasteiger partial charge on any atom is -0.652 e. The molecule has 0 saturated heterocycles. The van der Waals surface area contributed by atoms with Gasteiger partial charge in [-0.15, -0.1) is 0 Å². The van der Waals surface area contributed by atoms with Crippen molar-refractivity contribution >= 4 is 45.1 Å². The minimum absolute atomic E-state index is 0. The van der Waals surface area contributed by atoms with Gasteiger partial charge in [0.25, 0.3) is 0 Å². The summed E-state index contributed by atoms with van der Waals surface area (Å²) in [6.07, 6.45) is 0. The number of aliphatic hydroxyl groups is 8. The third-order valence-corrected chi connectivity index (χ3v) is 7.44.